The van der Waals surface area contributed by atoms with E-state index in [1.165, 1.54) is 15.7 Å². The quantitative estimate of drug-likeness (QED) is 0.874. The van der Waals surface area contributed by atoms with Crippen molar-refractivity contribution >= 4 is 16.5 Å². The molecule has 0 saturated carbocycles. The Kier molecular flexibility index (Phi) is 5.81. The second-order valence-corrected chi connectivity index (χ2v) is 6.72. The highest BCUT2D eigenvalue weighted by atomic mass is 32.1. The molecular formula is C15H28N4S. The van der Waals surface area contributed by atoms with Crippen LogP contribution in [-0.2, 0) is 6.54 Å². The van der Waals surface area contributed by atoms with E-state index in [0.29, 0.717) is 5.92 Å². The van der Waals surface area contributed by atoms with Gasteiger partial charge in [0.15, 0.2) is 5.13 Å². The number of nitrogens with zero attached hydrogens (tertiary/aromatic N) is 3. The zero-order valence-corrected chi connectivity index (χ0v) is 14.1. The number of thiazole rings is 1. The maximum Gasteiger partial charge on any atom is 0.185 e. The second-order valence-electron chi connectivity index (χ2n) is 5.66. The van der Waals surface area contributed by atoms with E-state index in [1.807, 2.05) is 11.3 Å². The van der Waals surface area contributed by atoms with Crippen molar-refractivity contribution in [2.75, 3.05) is 44.2 Å². The Hall–Kier alpha value is -0.650. The number of rotatable bonds is 6. The SMILES string of the molecule is CCNCc1sc(N2CCN(CC)CC2)nc1C(C)C. The molecule has 1 aliphatic rings. The first-order valence-electron chi connectivity index (χ1n) is 7.83. The fraction of sp³-hybridized carbons (Fsp3) is 0.800. The van der Waals surface area contributed by atoms with E-state index >= 15 is 0 Å². The lowest BCUT2D eigenvalue weighted by atomic mass is 10.1. The Balaban J connectivity index is 2.08. The van der Waals surface area contributed by atoms with Crippen molar-refractivity contribution in [1.29, 1.82) is 0 Å². The highest BCUT2D eigenvalue weighted by Gasteiger charge is 2.21. The number of hydrogen-bond donors (Lipinski definition) is 1. The second kappa shape index (κ2) is 7.38. The molecule has 1 aromatic heterocycles. The molecule has 0 aromatic carbocycles. The maximum absolute atomic E-state index is 4.92. The number of anilines is 1. The molecule has 5 heteroatoms. The van der Waals surface area contributed by atoms with E-state index in [1.54, 1.807) is 0 Å². The van der Waals surface area contributed by atoms with Gasteiger partial charge in [-0.2, -0.15) is 0 Å². The number of piperazine rings is 1. The van der Waals surface area contributed by atoms with Gasteiger partial charge in [-0.25, -0.2) is 4.98 Å². The van der Waals surface area contributed by atoms with Crippen LogP contribution in [0.3, 0.4) is 0 Å². The van der Waals surface area contributed by atoms with E-state index in [2.05, 4.69) is 42.8 Å². The minimum atomic E-state index is 0.505. The molecule has 2 heterocycles. The molecule has 0 amide bonds. The summed E-state index contributed by atoms with van der Waals surface area (Å²) in [6.07, 6.45) is 0. The molecule has 0 unspecified atom stereocenters. The largest absolute Gasteiger partial charge is 0.346 e. The number of aromatic nitrogens is 1. The van der Waals surface area contributed by atoms with Crippen LogP contribution in [0.15, 0.2) is 0 Å². The molecule has 0 bridgehead atoms. The molecule has 0 radical (unpaired) electrons. The summed E-state index contributed by atoms with van der Waals surface area (Å²) in [5, 5.41) is 4.66. The smallest absolute Gasteiger partial charge is 0.185 e. The summed E-state index contributed by atoms with van der Waals surface area (Å²) in [5.74, 6) is 0.505. The molecule has 1 N–H and O–H groups in total. The molecule has 1 fully saturated rings. The van der Waals surface area contributed by atoms with Crippen molar-refractivity contribution in [2.24, 2.45) is 0 Å². The van der Waals surface area contributed by atoms with Crippen LogP contribution in [-0.4, -0.2) is 49.2 Å². The summed E-state index contributed by atoms with van der Waals surface area (Å²) in [6.45, 7) is 16.5. The normalized spacial score (nSPS) is 17.1. The fourth-order valence-corrected chi connectivity index (χ4v) is 3.79. The van der Waals surface area contributed by atoms with Crippen LogP contribution < -0.4 is 10.2 Å². The van der Waals surface area contributed by atoms with E-state index in [0.717, 1.165) is 45.8 Å². The molecule has 114 valence electrons. The van der Waals surface area contributed by atoms with Crippen LogP contribution >= 0.6 is 11.3 Å². The summed E-state index contributed by atoms with van der Waals surface area (Å²) in [5.41, 5.74) is 1.28. The average molecular weight is 296 g/mol. The average Bonchev–Trinajstić information content (AvgIpc) is 2.89. The number of nitrogens with one attached hydrogen (secondary N) is 1. The zero-order chi connectivity index (χ0) is 14.5. The van der Waals surface area contributed by atoms with Crippen LogP contribution in [0.4, 0.5) is 5.13 Å². The topological polar surface area (TPSA) is 31.4 Å². The monoisotopic (exact) mass is 296 g/mol. The van der Waals surface area contributed by atoms with Crippen LogP contribution in [0.2, 0.25) is 0 Å². The van der Waals surface area contributed by atoms with Gasteiger partial charge in [0.05, 0.1) is 5.69 Å². The molecule has 0 atom stereocenters. The molecule has 20 heavy (non-hydrogen) atoms. The summed E-state index contributed by atoms with van der Waals surface area (Å²) in [4.78, 5) is 11.3. The predicted molar refractivity (Wildman–Crippen MR) is 87.9 cm³/mol. The first-order chi connectivity index (χ1) is 9.65. The molecule has 0 aliphatic carbocycles. The Bertz CT molecular complexity index is 408. The van der Waals surface area contributed by atoms with Crippen LogP contribution in [0.5, 0.6) is 0 Å². The first-order valence-corrected chi connectivity index (χ1v) is 8.64. The van der Waals surface area contributed by atoms with Gasteiger partial charge in [-0.05, 0) is 19.0 Å². The van der Waals surface area contributed by atoms with Gasteiger partial charge in [0.25, 0.3) is 0 Å². The zero-order valence-electron chi connectivity index (χ0n) is 13.3. The summed E-state index contributed by atoms with van der Waals surface area (Å²) < 4.78 is 0. The summed E-state index contributed by atoms with van der Waals surface area (Å²) >= 11 is 1.88. The predicted octanol–water partition coefficient (Wildman–Crippen LogP) is 2.52. The number of hydrogen-bond acceptors (Lipinski definition) is 5. The van der Waals surface area contributed by atoms with E-state index in [-0.39, 0.29) is 0 Å². The van der Waals surface area contributed by atoms with Crippen LogP contribution in [0, 0.1) is 0 Å². The third-order valence-electron chi connectivity index (χ3n) is 3.89. The fourth-order valence-electron chi connectivity index (χ4n) is 2.56. The van der Waals surface area contributed by atoms with Crippen molar-refractivity contribution in [3.8, 4) is 0 Å². The van der Waals surface area contributed by atoms with Crippen LogP contribution in [0.25, 0.3) is 0 Å². The van der Waals surface area contributed by atoms with Gasteiger partial charge in [-0.3, -0.25) is 0 Å². The Morgan fingerprint density at radius 2 is 1.90 bits per heavy atom. The van der Waals surface area contributed by atoms with Crippen molar-refractivity contribution in [1.82, 2.24) is 15.2 Å². The van der Waals surface area contributed by atoms with Gasteiger partial charge in [-0.15, -0.1) is 11.3 Å². The molecule has 1 aromatic rings. The third kappa shape index (κ3) is 3.71. The maximum atomic E-state index is 4.92. The lowest BCUT2D eigenvalue weighted by molar-refractivity contribution is 0.271. The van der Waals surface area contributed by atoms with Crippen molar-refractivity contribution in [3.05, 3.63) is 10.6 Å². The van der Waals surface area contributed by atoms with E-state index < -0.39 is 0 Å². The molecule has 0 spiro atoms. The Morgan fingerprint density at radius 3 is 2.45 bits per heavy atom. The third-order valence-corrected chi connectivity index (χ3v) is 5.02. The molecule has 2 rings (SSSR count). The van der Waals surface area contributed by atoms with Gasteiger partial charge in [0, 0.05) is 37.6 Å². The lowest BCUT2D eigenvalue weighted by Crippen LogP contribution is -2.46. The molecular weight excluding hydrogens is 268 g/mol. The summed E-state index contributed by atoms with van der Waals surface area (Å²) in [7, 11) is 0. The van der Waals surface area contributed by atoms with Gasteiger partial charge in [0.2, 0.25) is 0 Å². The van der Waals surface area contributed by atoms with Gasteiger partial charge >= 0.3 is 0 Å². The minimum absolute atomic E-state index is 0.505. The summed E-state index contributed by atoms with van der Waals surface area (Å²) in [6, 6.07) is 0. The Labute approximate surface area is 127 Å². The standard InChI is InChI=1S/C15H28N4S/c1-5-16-11-13-14(12(3)4)17-15(20-13)19-9-7-18(6-2)8-10-19/h12,16H,5-11H2,1-4H3. The van der Waals surface area contributed by atoms with Gasteiger partial charge in [-0.1, -0.05) is 27.7 Å². The Morgan fingerprint density at radius 1 is 1.20 bits per heavy atom. The molecule has 1 aliphatic heterocycles. The van der Waals surface area contributed by atoms with Gasteiger partial charge in [0.1, 0.15) is 0 Å². The van der Waals surface area contributed by atoms with Crippen molar-refractivity contribution < 1.29 is 0 Å². The molecule has 1 saturated heterocycles. The first kappa shape index (κ1) is 15.7. The van der Waals surface area contributed by atoms with E-state index in [9.17, 15) is 0 Å². The van der Waals surface area contributed by atoms with E-state index in [4.69, 9.17) is 4.98 Å². The number of likely N-dealkylation sites (N-methyl/N-ethyl adjacent to an activating group) is 1. The highest BCUT2D eigenvalue weighted by molar-refractivity contribution is 7.15. The molecule has 4 nitrogen and oxygen atoms in total. The van der Waals surface area contributed by atoms with Gasteiger partial charge < -0.3 is 15.1 Å². The highest BCUT2D eigenvalue weighted by Crippen LogP contribution is 2.31. The van der Waals surface area contributed by atoms with Crippen LogP contribution in [0.1, 0.15) is 44.2 Å². The van der Waals surface area contributed by atoms with Crippen molar-refractivity contribution in [2.45, 2.75) is 40.2 Å². The van der Waals surface area contributed by atoms with Crippen molar-refractivity contribution in [3.63, 3.8) is 0 Å². The lowest BCUT2D eigenvalue weighted by Gasteiger charge is -2.33. The minimum Gasteiger partial charge on any atom is -0.346 e.